The molecule has 5 nitrogen and oxygen atoms in total. The summed E-state index contributed by atoms with van der Waals surface area (Å²) in [5, 5.41) is 12.3. The molecule has 1 aliphatic carbocycles. The Balaban J connectivity index is 2.31. The number of rotatable bonds is 6. The number of aliphatic hydroxyl groups is 1. The molecule has 1 aromatic heterocycles. The van der Waals surface area contributed by atoms with E-state index in [1.807, 2.05) is 13.1 Å². The predicted octanol–water partition coefficient (Wildman–Crippen LogP) is 1.60. The zero-order chi connectivity index (χ0) is 13.1. The summed E-state index contributed by atoms with van der Waals surface area (Å²) < 4.78 is 0. The van der Waals surface area contributed by atoms with Crippen LogP contribution < -0.4 is 10.2 Å². The van der Waals surface area contributed by atoms with E-state index in [2.05, 4.69) is 34.0 Å². The fraction of sp³-hybridized carbons (Fsp3) is 0.692. The third kappa shape index (κ3) is 2.90. The van der Waals surface area contributed by atoms with Crippen LogP contribution in [0.2, 0.25) is 0 Å². The minimum atomic E-state index is 0.159. The first-order chi connectivity index (χ1) is 8.65. The number of hydrogen-bond acceptors (Lipinski definition) is 5. The standard InChI is InChI=1S/C13H22N4O/c1-9(2)13-15-11(14-3)8-12(16-13)17(6-7-18)10-4-5-10/h8-10,18H,4-7H2,1-3H3,(H,14,15,16). The smallest absolute Gasteiger partial charge is 0.135 e. The van der Waals surface area contributed by atoms with Gasteiger partial charge in [-0.15, -0.1) is 0 Å². The van der Waals surface area contributed by atoms with Crippen molar-refractivity contribution in [1.29, 1.82) is 0 Å². The van der Waals surface area contributed by atoms with Crippen molar-refractivity contribution in [3.63, 3.8) is 0 Å². The summed E-state index contributed by atoms with van der Waals surface area (Å²) in [5.41, 5.74) is 0. The van der Waals surface area contributed by atoms with Gasteiger partial charge in [-0.3, -0.25) is 0 Å². The van der Waals surface area contributed by atoms with Crippen LogP contribution in [0.5, 0.6) is 0 Å². The first-order valence-corrected chi connectivity index (χ1v) is 6.60. The maximum atomic E-state index is 9.18. The quantitative estimate of drug-likeness (QED) is 0.803. The van der Waals surface area contributed by atoms with E-state index in [1.54, 1.807) is 0 Å². The van der Waals surface area contributed by atoms with Crippen LogP contribution in [0.15, 0.2) is 6.07 Å². The molecule has 0 unspecified atom stereocenters. The van der Waals surface area contributed by atoms with E-state index in [-0.39, 0.29) is 6.61 Å². The van der Waals surface area contributed by atoms with Gasteiger partial charge in [0.05, 0.1) is 6.61 Å². The number of nitrogens with zero attached hydrogens (tertiary/aromatic N) is 3. The molecule has 5 heteroatoms. The molecule has 2 N–H and O–H groups in total. The fourth-order valence-corrected chi connectivity index (χ4v) is 1.96. The van der Waals surface area contributed by atoms with Gasteiger partial charge in [-0.2, -0.15) is 0 Å². The van der Waals surface area contributed by atoms with Crippen molar-refractivity contribution in [2.24, 2.45) is 0 Å². The summed E-state index contributed by atoms with van der Waals surface area (Å²) in [5.74, 6) is 2.91. The molecule has 1 fully saturated rings. The number of aromatic nitrogens is 2. The summed E-state index contributed by atoms with van der Waals surface area (Å²) in [6.45, 7) is 4.98. The highest BCUT2D eigenvalue weighted by molar-refractivity contribution is 5.51. The summed E-state index contributed by atoms with van der Waals surface area (Å²) in [6, 6.07) is 2.50. The van der Waals surface area contributed by atoms with Gasteiger partial charge in [0.1, 0.15) is 17.5 Å². The molecule has 1 saturated carbocycles. The van der Waals surface area contributed by atoms with Gasteiger partial charge >= 0.3 is 0 Å². The fourth-order valence-electron chi connectivity index (χ4n) is 1.96. The first kappa shape index (κ1) is 13.1. The lowest BCUT2D eigenvalue weighted by molar-refractivity contribution is 0.301. The van der Waals surface area contributed by atoms with Crippen LogP contribution in [0.25, 0.3) is 0 Å². The second-order valence-corrected chi connectivity index (χ2v) is 5.02. The van der Waals surface area contributed by atoms with Gasteiger partial charge in [-0.1, -0.05) is 13.8 Å². The van der Waals surface area contributed by atoms with E-state index in [9.17, 15) is 5.11 Å². The van der Waals surface area contributed by atoms with E-state index < -0.39 is 0 Å². The maximum absolute atomic E-state index is 9.18. The highest BCUT2D eigenvalue weighted by Gasteiger charge is 2.30. The normalized spacial score (nSPS) is 14.9. The molecule has 1 aliphatic rings. The van der Waals surface area contributed by atoms with Gasteiger partial charge in [-0.25, -0.2) is 9.97 Å². The Kier molecular flexibility index (Phi) is 4.01. The molecule has 0 radical (unpaired) electrons. The van der Waals surface area contributed by atoms with E-state index in [0.717, 1.165) is 17.5 Å². The van der Waals surface area contributed by atoms with Crippen molar-refractivity contribution in [3.8, 4) is 0 Å². The molecule has 1 heterocycles. The van der Waals surface area contributed by atoms with Crippen LogP contribution in [0.1, 0.15) is 38.4 Å². The average molecular weight is 250 g/mol. The summed E-state index contributed by atoms with van der Waals surface area (Å²) >= 11 is 0. The van der Waals surface area contributed by atoms with Gasteiger partial charge in [0.2, 0.25) is 0 Å². The Morgan fingerprint density at radius 3 is 2.67 bits per heavy atom. The van der Waals surface area contributed by atoms with Crippen molar-refractivity contribution in [2.75, 3.05) is 30.4 Å². The van der Waals surface area contributed by atoms with Crippen LogP contribution >= 0.6 is 0 Å². The third-order valence-electron chi connectivity index (χ3n) is 3.13. The number of hydrogen-bond donors (Lipinski definition) is 2. The molecule has 0 atom stereocenters. The molecule has 0 amide bonds. The average Bonchev–Trinajstić information content (AvgIpc) is 3.19. The lowest BCUT2D eigenvalue weighted by Gasteiger charge is -2.23. The van der Waals surface area contributed by atoms with Crippen LogP contribution in [0, 0.1) is 0 Å². The van der Waals surface area contributed by atoms with Crippen molar-refractivity contribution in [2.45, 2.75) is 38.6 Å². The summed E-state index contributed by atoms with van der Waals surface area (Å²) in [4.78, 5) is 11.3. The van der Waals surface area contributed by atoms with Crippen LogP contribution in [0.3, 0.4) is 0 Å². The molecule has 100 valence electrons. The van der Waals surface area contributed by atoms with Gasteiger partial charge in [-0.05, 0) is 12.8 Å². The molecular weight excluding hydrogens is 228 g/mol. The second kappa shape index (κ2) is 5.52. The van der Waals surface area contributed by atoms with Gasteiger partial charge in [0.25, 0.3) is 0 Å². The number of nitrogens with one attached hydrogen (secondary N) is 1. The molecule has 0 bridgehead atoms. The Bertz CT molecular complexity index is 404. The molecule has 0 aromatic carbocycles. The maximum Gasteiger partial charge on any atom is 0.135 e. The summed E-state index contributed by atoms with van der Waals surface area (Å²) in [6.07, 6.45) is 2.38. The lowest BCUT2D eigenvalue weighted by Crippen LogP contribution is -2.30. The SMILES string of the molecule is CNc1cc(N(CCO)C2CC2)nc(C(C)C)n1. The minimum absolute atomic E-state index is 0.159. The molecule has 0 aliphatic heterocycles. The Labute approximate surface area is 108 Å². The summed E-state index contributed by atoms with van der Waals surface area (Å²) in [7, 11) is 1.86. The van der Waals surface area contributed by atoms with Crippen molar-refractivity contribution in [1.82, 2.24) is 9.97 Å². The van der Waals surface area contributed by atoms with E-state index >= 15 is 0 Å². The van der Waals surface area contributed by atoms with Crippen LogP contribution in [0.4, 0.5) is 11.6 Å². The zero-order valence-electron chi connectivity index (χ0n) is 11.3. The zero-order valence-corrected chi connectivity index (χ0v) is 11.3. The highest BCUT2D eigenvalue weighted by Crippen LogP contribution is 2.31. The number of anilines is 2. The number of aliphatic hydroxyl groups excluding tert-OH is 1. The van der Waals surface area contributed by atoms with Crippen molar-refractivity contribution >= 4 is 11.6 Å². The van der Waals surface area contributed by atoms with Gasteiger partial charge in [0, 0.05) is 31.6 Å². The first-order valence-electron chi connectivity index (χ1n) is 6.60. The molecule has 0 saturated heterocycles. The predicted molar refractivity (Wildman–Crippen MR) is 73.1 cm³/mol. The van der Waals surface area contributed by atoms with Gasteiger partial charge < -0.3 is 15.3 Å². The monoisotopic (exact) mass is 250 g/mol. The van der Waals surface area contributed by atoms with Gasteiger partial charge in [0.15, 0.2) is 0 Å². The molecule has 18 heavy (non-hydrogen) atoms. The topological polar surface area (TPSA) is 61.3 Å². The third-order valence-corrected chi connectivity index (χ3v) is 3.13. The van der Waals surface area contributed by atoms with Crippen molar-refractivity contribution < 1.29 is 5.11 Å². The second-order valence-electron chi connectivity index (χ2n) is 5.02. The lowest BCUT2D eigenvalue weighted by atomic mass is 10.2. The van der Waals surface area contributed by atoms with E-state index in [1.165, 1.54) is 12.8 Å². The Morgan fingerprint density at radius 1 is 1.44 bits per heavy atom. The molecular formula is C13H22N4O. The molecule has 1 aromatic rings. The molecule has 2 rings (SSSR count). The Hall–Kier alpha value is -1.36. The van der Waals surface area contributed by atoms with Crippen LogP contribution in [-0.4, -0.2) is 41.3 Å². The van der Waals surface area contributed by atoms with Crippen molar-refractivity contribution in [3.05, 3.63) is 11.9 Å². The Morgan fingerprint density at radius 2 is 2.17 bits per heavy atom. The van der Waals surface area contributed by atoms with E-state index in [0.29, 0.717) is 18.5 Å². The molecule has 0 spiro atoms. The highest BCUT2D eigenvalue weighted by atomic mass is 16.3. The largest absolute Gasteiger partial charge is 0.395 e. The van der Waals surface area contributed by atoms with Crippen LogP contribution in [-0.2, 0) is 0 Å². The minimum Gasteiger partial charge on any atom is -0.395 e. The van der Waals surface area contributed by atoms with E-state index in [4.69, 9.17) is 0 Å².